The van der Waals surface area contributed by atoms with E-state index in [1.807, 2.05) is 6.07 Å². The third-order valence-electron chi connectivity index (χ3n) is 2.61. The van der Waals surface area contributed by atoms with Gasteiger partial charge in [-0.05, 0) is 18.2 Å². The molecule has 0 bridgehead atoms. The topological polar surface area (TPSA) is 99.5 Å². The van der Waals surface area contributed by atoms with Crippen LogP contribution in [0.25, 0.3) is 0 Å². The van der Waals surface area contributed by atoms with E-state index in [2.05, 4.69) is 9.46 Å². The summed E-state index contributed by atoms with van der Waals surface area (Å²) in [5, 5.41) is 8.90. The Hall–Kier alpha value is -1.82. The van der Waals surface area contributed by atoms with Crippen molar-refractivity contribution in [3.63, 3.8) is 0 Å². The number of ether oxygens (including phenoxy) is 1. The van der Waals surface area contributed by atoms with Crippen LogP contribution in [-0.2, 0) is 19.7 Å². The Morgan fingerprint density at radius 2 is 2.19 bits per heavy atom. The number of methoxy groups -OCH3 is 1. The van der Waals surface area contributed by atoms with E-state index in [1.54, 1.807) is 0 Å². The number of esters is 1. The highest BCUT2D eigenvalue weighted by molar-refractivity contribution is 7.90. The highest BCUT2D eigenvalue weighted by Gasteiger charge is 2.19. The first-order chi connectivity index (χ1) is 9.80. The van der Waals surface area contributed by atoms with Gasteiger partial charge in [-0.1, -0.05) is 11.6 Å². The van der Waals surface area contributed by atoms with Crippen molar-refractivity contribution in [3.8, 4) is 6.07 Å². The molecule has 0 saturated heterocycles. The maximum atomic E-state index is 12.0. The summed E-state index contributed by atoms with van der Waals surface area (Å²) in [6.07, 6.45) is -0.0535. The lowest BCUT2D eigenvalue weighted by Gasteiger charge is -2.17. The fourth-order valence-corrected chi connectivity index (χ4v) is 2.50. The van der Waals surface area contributed by atoms with Crippen molar-refractivity contribution in [1.29, 1.82) is 5.26 Å². The molecule has 1 N–H and O–H groups in total. The molecule has 0 saturated carbocycles. The Morgan fingerprint density at radius 3 is 2.71 bits per heavy atom. The molecular weight excluding hydrogens is 318 g/mol. The predicted octanol–water partition coefficient (Wildman–Crippen LogP) is 1.36. The lowest BCUT2D eigenvalue weighted by atomic mass is 10.2. The molecule has 21 heavy (non-hydrogen) atoms. The van der Waals surface area contributed by atoms with Gasteiger partial charge in [0.05, 0.1) is 29.8 Å². The molecule has 0 radical (unpaired) electrons. The summed E-state index contributed by atoms with van der Waals surface area (Å²) in [6, 6.07) is 6.05. The quantitative estimate of drug-likeness (QED) is 0.793. The molecule has 9 heteroatoms. The van der Waals surface area contributed by atoms with Gasteiger partial charge in [-0.15, -0.1) is 0 Å². The number of hydrogen-bond acceptors (Lipinski definition) is 5. The SMILES string of the molecule is COC(=O)CCN(C)S(=O)(=O)Nc1ccc(C#N)c(Cl)c1. The van der Waals surface area contributed by atoms with Crippen molar-refractivity contribution in [1.82, 2.24) is 4.31 Å². The zero-order chi connectivity index (χ0) is 16.0. The number of anilines is 1. The van der Waals surface area contributed by atoms with Crippen LogP contribution in [-0.4, -0.2) is 39.4 Å². The molecule has 1 rings (SSSR count). The monoisotopic (exact) mass is 331 g/mol. The second kappa shape index (κ2) is 7.26. The number of rotatable bonds is 6. The van der Waals surface area contributed by atoms with E-state index in [9.17, 15) is 13.2 Å². The Kier molecular flexibility index (Phi) is 5.96. The molecular formula is C12H14ClN3O4S. The first kappa shape index (κ1) is 17.2. The van der Waals surface area contributed by atoms with Crippen molar-refractivity contribution in [3.05, 3.63) is 28.8 Å². The Morgan fingerprint density at radius 1 is 1.52 bits per heavy atom. The van der Waals surface area contributed by atoms with Gasteiger partial charge in [-0.3, -0.25) is 9.52 Å². The summed E-state index contributed by atoms with van der Waals surface area (Å²) >= 11 is 5.83. The normalized spacial score (nSPS) is 11.0. The van der Waals surface area contributed by atoms with Crippen LogP contribution in [0.3, 0.4) is 0 Å². The minimum atomic E-state index is -3.82. The zero-order valence-electron chi connectivity index (χ0n) is 11.5. The molecule has 114 valence electrons. The van der Waals surface area contributed by atoms with Crippen LogP contribution >= 0.6 is 11.6 Å². The fourth-order valence-electron chi connectivity index (χ4n) is 1.37. The molecule has 0 heterocycles. The molecule has 0 atom stereocenters. The van der Waals surface area contributed by atoms with Crippen molar-refractivity contribution >= 4 is 33.5 Å². The molecule has 0 unspecified atom stereocenters. The fraction of sp³-hybridized carbons (Fsp3) is 0.333. The second-order valence-electron chi connectivity index (χ2n) is 4.06. The van der Waals surface area contributed by atoms with Gasteiger partial charge in [-0.2, -0.15) is 18.0 Å². The molecule has 0 spiro atoms. The van der Waals surface area contributed by atoms with E-state index >= 15 is 0 Å². The van der Waals surface area contributed by atoms with Crippen LogP contribution in [0.15, 0.2) is 18.2 Å². The largest absolute Gasteiger partial charge is 0.469 e. The minimum Gasteiger partial charge on any atom is -0.469 e. The van der Waals surface area contributed by atoms with Gasteiger partial charge in [0, 0.05) is 13.6 Å². The van der Waals surface area contributed by atoms with Crippen LogP contribution in [0.4, 0.5) is 5.69 Å². The molecule has 1 aromatic rings. The number of carbonyl (C=O) groups is 1. The van der Waals surface area contributed by atoms with Crippen LogP contribution in [0.1, 0.15) is 12.0 Å². The number of halogens is 1. The number of nitriles is 1. The van der Waals surface area contributed by atoms with Crippen molar-refractivity contribution in [2.45, 2.75) is 6.42 Å². The van der Waals surface area contributed by atoms with Crippen LogP contribution < -0.4 is 4.72 Å². The molecule has 0 aliphatic heterocycles. The molecule has 1 aromatic carbocycles. The van der Waals surface area contributed by atoms with Gasteiger partial charge < -0.3 is 4.74 Å². The summed E-state index contributed by atoms with van der Waals surface area (Å²) < 4.78 is 31.8. The van der Waals surface area contributed by atoms with E-state index in [0.29, 0.717) is 0 Å². The van der Waals surface area contributed by atoms with Crippen LogP contribution in [0, 0.1) is 11.3 Å². The average molecular weight is 332 g/mol. The maximum Gasteiger partial charge on any atom is 0.306 e. The van der Waals surface area contributed by atoms with Crippen LogP contribution in [0.5, 0.6) is 0 Å². The lowest BCUT2D eigenvalue weighted by molar-refractivity contribution is -0.140. The molecule has 0 amide bonds. The van der Waals surface area contributed by atoms with Crippen molar-refractivity contribution < 1.29 is 17.9 Å². The number of nitrogens with zero attached hydrogens (tertiary/aromatic N) is 2. The summed E-state index contributed by atoms with van der Waals surface area (Å²) in [5.74, 6) is -0.501. The number of benzene rings is 1. The Balaban J connectivity index is 2.78. The first-order valence-electron chi connectivity index (χ1n) is 5.80. The van der Waals surface area contributed by atoms with Crippen molar-refractivity contribution in [2.24, 2.45) is 0 Å². The minimum absolute atomic E-state index is 0.0218. The summed E-state index contributed by atoms with van der Waals surface area (Å²) in [4.78, 5) is 11.0. The second-order valence-corrected chi connectivity index (χ2v) is 6.25. The maximum absolute atomic E-state index is 12.0. The zero-order valence-corrected chi connectivity index (χ0v) is 13.0. The van der Waals surface area contributed by atoms with Crippen LogP contribution in [0.2, 0.25) is 5.02 Å². The summed E-state index contributed by atoms with van der Waals surface area (Å²) in [6.45, 7) is -0.0218. The standard InChI is InChI=1S/C12H14ClN3O4S/c1-16(6-5-12(17)20-2)21(18,19)15-10-4-3-9(8-14)11(13)7-10/h3-4,7,15H,5-6H2,1-2H3. The van der Waals surface area contributed by atoms with Gasteiger partial charge in [-0.25, -0.2) is 0 Å². The number of nitrogens with one attached hydrogen (secondary N) is 1. The van der Waals surface area contributed by atoms with E-state index < -0.39 is 16.2 Å². The smallest absolute Gasteiger partial charge is 0.306 e. The predicted molar refractivity (Wildman–Crippen MR) is 78.0 cm³/mol. The molecule has 0 aliphatic rings. The van der Waals surface area contributed by atoms with Gasteiger partial charge in [0.1, 0.15) is 6.07 Å². The van der Waals surface area contributed by atoms with Gasteiger partial charge in [0.2, 0.25) is 0 Å². The third-order valence-corrected chi connectivity index (χ3v) is 4.41. The highest BCUT2D eigenvalue weighted by Crippen LogP contribution is 2.21. The van der Waals surface area contributed by atoms with Crippen molar-refractivity contribution in [2.75, 3.05) is 25.4 Å². The number of carbonyl (C=O) groups excluding carboxylic acids is 1. The Bertz CT molecular complexity index is 670. The van der Waals surface area contributed by atoms with E-state index in [4.69, 9.17) is 16.9 Å². The molecule has 0 fully saturated rings. The van der Waals surface area contributed by atoms with Gasteiger partial charge >= 0.3 is 16.2 Å². The molecule has 0 aromatic heterocycles. The average Bonchev–Trinajstić information content (AvgIpc) is 2.44. The van der Waals surface area contributed by atoms with E-state index in [1.165, 1.54) is 32.4 Å². The van der Waals surface area contributed by atoms with E-state index in [0.717, 1.165) is 4.31 Å². The third kappa shape index (κ3) is 4.90. The first-order valence-corrected chi connectivity index (χ1v) is 7.62. The number of hydrogen-bond donors (Lipinski definition) is 1. The lowest BCUT2D eigenvalue weighted by Crippen LogP contribution is -2.34. The summed E-state index contributed by atoms with van der Waals surface area (Å²) in [7, 11) is -1.26. The summed E-state index contributed by atoms with van der Waals surface area (Å²) in [5.41, 5.74) is 0.475. The Labute approximate surface area is 128 Å². The van der Waals surface area contributed by atoms with Gasteiger partial charge in [0.15, 0.2) is 0 Å². The molecule has 0 aliphatic carbocycles. The highest BCUT2D eigenvalue weighted by atomic mass is 35.5. The van der Waals surface area contributed by atoms with Gasteiger partial charge in [0.25, 0.3) is 0 Å². The molecule has 7 nitrogen and oxygen atoms in total. The van der Waals surface area contributed by atoms with E-state index in [-0.39, 0.29) is 29.2 Å².